The summed E-state index contributed by atoms with van der Waals surface area (Å²) in [4.78, 5) is 1.01. The molecule has 4 nitrogen and oxygen atoms in total. The minimum absolute atomic E-state index is 0.662. The van der Waals surface area contributed by atoms with Gasteiger partial charge in [0, 0.05) is 0 Å². The third-order valence-corrected chi connectivity index (χ3v) is 1.42. The molecule has 1 heterocycles. The molecule has 3 N–H and O–H groups in total. The SMILES string of the molecule is Cc1snnc1NN. The summed E-state index contributed by atoms with van der Waals surface area (Å²) in [6.07, 6.45) is 0. The van der Waals surface area contributed by atoms with E-state index in [4.69, 9.17) is 5.84 Å². The maximum atomic E-state index is 5.05. The molecule has 0 unspecified atom stereocenters. The third-order valence-electron chi connectivity index (χ3n) is 0.789. The Kier molecular flexibility index (Phi) is 1.40. The van der Waals surface area contributed by atoms with Crippen molar-refractivity contribution in [2.45, 2.75) is 6.92 Å². The fraction of sp³-hybridized carbons (Fsp3) is 0.333. The molecular weight excluding hydrogens is 124 g/mol. The largest absolute Gasteiger partial charge is 0.306 e. The summed E-state index contributed by atoms with van der Waals surface area (Å²) in [5, 5.41) is 3.67. The number of nitrogens with one attached hydrogen (secondary N) is 1. The summed E-state index contributed by atoms with van der Waals surface area (Å²) >= 11 is 1.33. The van der Waals surface area contributed by atoms with Gasteiger partial charge in [0.2, 0.25) is 0 Å². The van der Waals surface area contributed by atoms with Crippen molar-refractivity contribution < 1.29 is 0 Å². The van der Waals surface area contributed by atoms with Crippen LogP contribution in [0.1, 0.15) is 4.88 Å². The van der Waals surface area contributed by atoms with Gasteiger partial charge in [-0.25, -0.2) is 5.84 Å². The average Bonchev–Trinajstić information content (AvgIpc) is 2.14. The molecule has 44 valence electrons. The molecule has 1 aromatic heterocycles. The molecule has 0 amide bonds. The monoisotopic (exact) mass is 130 g/mol. The minimum Gasteiger partial charge on any atom is -0.306 e. The van der Waals surface area contributed by atoms with Gasteiger partial charge in [0.05, 0.1) is 4.88 Å². The predicted molar refractivity (Wildman–Crippen MR) is 32.5 cm³/mol. The first-order chi connectivity index (χ1) is 3.84. The van der Waals surface area contributed by atoms with Crippen LogP contribution in [0.4, 0.5) is 5.82 Å². The van der Waals surface area contributed by atoms with E-state index in [0.29, 0.717) is 5.82 Å². The second kappa shape index (κ2) is 2.06. The lowest BCUT2D eigenvalue weighted by Crippen LogP contribution is -2.07. The molecule has 0 saturated heterocycles. The second-order valence-corrected chi connectivity index (χ2v) is 2.28. The van der Waals surface area contributed by atoms with E-state index in [1.807, 2.05) is 6.92 Å². The van der Waals surface area contributed by atoms with E-state index in [1.54, 1.807) is 0 Å². The van der Waals surface area contributed by atoms with E-state index in [2.05, 4.69) is 15.0 Å². The minimum atomic E-state index is 0.662. The van der Waals surface area contributed by atoms with Crippen LogP contribution in [-0.2, 0) is 0 Å². The number of aryl methyl sites for hydroxylation is 1. The smallest absolute Gasteiger partial charge is 0.178 e. The van der Waals surface area contributed by atoms with Crippen LogP contribution in [-0.4, -0.2) is 9.59 Å². The Hall–Kier alpha value is -0.680. The fourth-order valence-electron chi connectivity index (χ4n) is 0.367. The van der Waals surface area contributed by atoms with E-state index >= 15 is 0 Å². The van der Waals surface area contributed by atoms with Crippen molar-refractivity contribution in [3.8, 4) is 0 Å². The van der Waals surface area contributed by atoms with Gasteiger partial charge >= 0.3 is 0 Å². The molecule has 0 saturated carbocycles. The van der Waals surface area contributed by atoms with Crippen LogP contribution >= 0.6 is 11.5 Å². The molecule has 0 aromatic carbocycles. The molecule has 1 rings (SSSR count). The summed E-state index contributed by atoms with van der Waals surface area (Å²) in [5.41, 5.74) is 2.41. The summed E-state index contributed by atoms with van der Waals surface area (Å²) in [6, 6.07) is 0. The number of nitrogen functional groups attached to an aromatic ring is 1. The summed E-state index contributed by atoms with van der Waals surface area (Å²) in [6.45, 7) is 1.90. The summed E-state index contributed by atoms with van der Waals surface area (Å²) in [7, 11) is 0. The first-order valence-electron chi connectivity index (χ1n) is 2.10. The van der Waals surface area contributed by atoms with Gasteiger partial charge in [0.1, 0.15) is 0 Å². The summed E-state index contributed by atoms with van der Waals surface area (Å²) < 4.78 is 3.64. The normalized spacial score (nSPS) is 9.25. The molecule has 0 atom stereocenters. The lowest BCUT2D eigenvalue weighted by atomic mass is 10.6. The number of rotatable bonds is 1. The van der Waals surface area contributed by atoms with Crippen molar-refractivity contribution in [1.29, 1.82) is 0 Å². The van der Waals surface area contributed by atoms with Crippen molar-refractivity contribution in [1.82, 2.24) is 9.59 Å². The molecular formula is C3H6N4S. The molecule has 8 heavy (non-hydrogen) atoms. The Morgan fingerprint density at radius 2 is 2.50 bits per heavy atom. The van der Waals surface area contributed by atoms with Gasteiger partial charge in [-0.3, -0.25) is 0 Å². The van der Waals surface area contributed by atoms with Gasteiger partial charge in [-0.1, -0.05) is 4.49 Å². The zero-order chi connectivity index (χ0) is 5.98. The van der Waals surface area contributed by atoms with Crippen molar-refractivity contribution in [3.63, 3.8) is 0 Å². The first-order valence-corrected chi connectivity index (χ1v) is 2.87. The molecule has 0 spiro atoms. The lowest BCUT2D eigenvalue weighted by Gasteiger charge is -1.88. The topological polar surface area (TPSA) is 63.8 Å². The van der Waals surface area contributed by atoms with Crippen LogP contribution in [0.25, 0.3) is 0 Å². The Balaban J connectivity index is 2.92. The number of hydrogen-bond acceptors (Lipinski definition) is 5. The Bertz CT molecular complexity index is 172. The Morgan fingerprint density at radius 3 is 2.75 bits per heavy atom. The number of hydrogen-bond donors (Lipinski definition) is 2. The van der Waals surface area contributed by atoms with E-state index in [0.717, 1.165) is 4.88 Å². The quantitative estimate of drug-likeness (QED) is 0.419. The zero-order valence-electron chi connectivity index (χ0n) is 4.38. The lowest BCUT2D eigenvalue weighted by molar-refractivity contribution is 1.12. The highest BCUT2D eigenvalue weighted by atomic mass is 32.1. The number of anilines is 1. The van der Waals surface area contributed by atoms with Crippen LogP contribution < -0.4 is 11.3 Å². The van der Waals surface area contributed by atoms with Crippen molar-refractivity contribution in [2.24, 2.45) is 5.84 Å². The molecule has 0 bridgehead atoms. The van der Waals surface area contributed by atoms with E-state index in [-0.39, 0.29) is 0 Å². The molecule has 5 heteroatoms. The molecule has 0 radical (unpaired) electrons. The molecule has 0 aliphatic carbocycles. The number of nitrogens with two attached hydrogens (primary N) is 1. The summed E-state index contributed by atoms with van der Waals surface area (Å²) in [5.74, 6) is 5.71. The number of hydrazine groups is 1. The van der Waals surface area contributed by atoms with Gasteiger partial charge in [0.25, 0.3) is 0 Å². The number of nitrogens with zero attached hydrogens (tertiary/aromatic N) is 2. The average molecular weight is 130 g/mol. The maximum absolute atomic E-state index is 5.05. The number of aromatic nitrogens is 2. The first kappa shape index (κ1) is 5.46. The van der Waals surface area contributed by atoms with Gasteiger partial charge in [-0.15, -0.1) is 5.10 Å². The Morgan fingerprint density at radius 1 is 1.75 bits per heavy atom. The molecule has 1 aromatic rings. The molecule has 0 aliphatic rings. The third kappa shape index (κ3) is 0.775. The standard InChI is InChI=1S/C3H6N4S/c1-2-3(5-4)6-7-8-2/h5H,4H2,1H3. The Labute approximate surface area is 50.8 Å². The van der Waals surface area contributed by atoms with Crippen LogP contribution in [0.15, 0.2) is 0 Å². The van der Waals surface area contributed by atoms with Gasteiger partial charge in [-0.05, 0) is 18.5 Å². The highest BCUT2D eigenvalue weighted by Gasteiger charge is 1.96. The highest BCUT2D eigenvalue weighted by molar-refractivity contribution is 7.05. The van der Waals surface area contributed by atoms with Crippen molar-refractivity contribution >= 4 is 17.4 Å². The van der Waals surface area contributed by atoms with Gasteiger partial charge < -0.3 is 5.43 Å². The zero-order valence-corrected chi connectivity index (χ0v) is 5.20. The fourth-order valence-corrected chi connectivity index (χ4v) is 0.798. The van der Waals surface area contributed by atoms with E-state index in [9.17, 15) is 0 Å². The molecule has 0 aliphatic heterocycles. The van der Waals surface area contributed by atoms with Gasteiger partial charge in [0.15, 0.2) is 5.82 Å². The van der Waals surface area contributed by atoms with E-state index < -0.39 is 0 Å². The highest BCUT2D eigenvalue weighted by Crippen LogP contribution is 2.10. The predicted octanol–water partition coefficient (Wildman–Crippen LogP) is 0.132. The van der Waals surface area contributed by atoms with Gasteiger partial charge in [-0.2, -0.15) is 0 Å². The van der Waals surface area contributed by atoms with Crippen LogP contribution in [0, 0.1) is 6.92 Å². The van der Waals surface area contributed by atoms with Crippen LogP contribution in [0.2, 0.25) is 0 Å². The van der Waals surface area contributed by atoms with Crippen molar-refractivity contribution in [3.05, 3.63) is 4.88 Å². The molecule has 0 fully saturated rings. The maximum Gasteiger partial charge on any atom is 0.178 e. The second-order valence-electron chi connectivity index (χ2n) is 1.32. The van der Waals surface area contributed by atoms with E-state index in [1.165, 1.54) is 11.5 Å². The van der Waals surface area contributed by atoms with Crippen molar-refractivity contribution in [2.75, 3.05) is 5.43 Å². The van der Waals surface area contributed by atoms with Crippen LogP contribution in [0.5, 0.6) is 0 Å². The van der Waals surface area contributed by atoms with Crippen LogP contribution in [0.3, 0.4) is 0 Å².